The van der Waals surface area contributed by atoms with Crippen LogP contribution in [0.5, 0.6) is 0 Å². The molecular weight excluding hydrogens is 348 g/mol. The highest BCUT2D eigenvalue weighted by molar-refractivity contribution is 4.81. The summed E-state index contributed by atoms with van der Waals surface area (Å²) in [4.78, 5) is 0. The molecular formula is C29H58. The van der Waals surface area contributed by atoms with Gasteiger partial charge in [0, 0.05) is 0 Å². The van der Waals surface area contributed by atoms with Crippen LogP contribution in [-0.4, -0.2) is 0 Å². The van der Waals surface area contributed by atoms with E-state index in [1.54, 1.807) is 0 Å². The Morgan fingerprint density at radius 3 is 1.24 bits per heavy atom. The van der Waals surface area contributed by atoms with E-state index < -0.39 is 0 Å². The van der Waals surface area contributed by atoms with Gasteiger partial charge in [-0.05, 0) is 37.5 Å². The monoisotopic (exact) mass is 406 g/mol. The van der Waals surface area contributed by atoms with Gasteiger partial charge in [-0.3, -0.25) is 0 Å². The van der Waals surface area contributed by atoms with Gasteiger partial charge in [-0.25, -0.2) is 0 Å². The molecule has 2 unspecified atom stereocenters. The van der Waals surface area contributed by atoms with Gasteiger partial charge in [0.05, 0.1) is 0 Å². The molecule has 0 bridgehead atoms. The van der Waals surface area contributed by atoms with Crippen LogP contribution in [0.25, 0.3) is 0 Å². The van der Waals surface area contributed by atoms with E-state index in [0.717, 1.165) is 11.8 Å². The van der Waals surface area contributed by atoms with E-state index in [2.05, 4.69) is 39.8 Å². The minimum Gasteiger partial charge on any atom is -0.0885 e. The van der Waals surface area contributed by atoms with Crippen molar-refractivity contribution in [2.75, 3.05) is 0 Å². The first-order valence-corrected chi connectivity index (χ1v) is 13.9. The Hall–Kier alpha value is -0.260. The molecule has 0 saturated carbocycles. The smallest absolute Gasteiger partial charge is 0.0351 e. The molecule has 0 fully saturated rings. The number of unbranched alkanes of at least 4 members (excludes halogenated alkanes) is 11. The van der Waals surface area contributed by atoms with Crippen molar-refractivity contribution in [3.8, 4) is 0 Å². The minimum absolute atomic E-state index is 0.984. The molecule has 0 saturated heterocycles. The predicted molar refractivity (Wildman–Crippen MR) is 136 cm³/mol. The lowest BCUT2D eigenvalue weighted by atomic mass is 9.92. The number of rotatable bonds is 23. The van der Waals surface area contributed by atoms with E-state index in [1.165, 1.54) is 135 Å². The molecule has 0 aromatic carbocycles. The molecule has 0 heterocycles. The molecule has 0 aromatic heterocycles. The SMILES string of the molecule is CCCCCCCC(CC)CCCC=CCCCCC(CC)CCCCCCC. The lowest BCUT2D eigenvalue weighted by molar-refractivity contribution is 0.398. The van der Waals surface area contributed by atoms with Crippen molar-refractivity contribution in [1.29, 1.82) is 0 Å². The van der Waals surface area contributed by atoms with E-state index >= 15 is 0 Å². The molecule has 0 aliphatic carbocycles. The van der Waals surface area contributed by atoms with E-state index in [1.807, 2.05) is 0 Å². The fourth-order valence-electron chi connectivity index (χ4n) is 4.63. The third-order valence-corrected chi connectivity index (χ3v) is 6.97. The molecule has 0 spiro atoms. The number of hydrogen-bond acceptors (Lipinski definition) is 0. The van der Waals surface area contributed by atoms with E-state index in [-0.39, 0.29) is 0 Å². The maximum Gasteiger partial charge on any atom is -0.0351 e. The molecule has 0 radical (unpaired) electrons. The lowest BCUT2D eigenvalue weighted by Crippen LogP contribution is -1.99. The van der Waals surface area contributed by atoms with Crippen LogP contribution in [0.1, 0.15) is 163 Å². The van der Waals surface area contributed by atoms with Gasteiger partial charge >= 0.3 is 0 Å². The second-order valence-electron chi connectivity index (χ2n) is 9.64. The molecule has 0 nitrogen and oxygen atoms in total. The molecule has 174 valence electrons. The zero-order valence-electron chi connectivity index (χ0n) is 21.2. The van der Waals surface area contributed by atoms with E-state index in [0.29, 0.717) is 0 Å². The highest BCUT2D eigenvalue weighted by Gasteiger charge is 2.06. The summed E-state index contributed by atoms with van der Waals surface area (Å²) in [6, 6.07) is 0. The van der Waals surface area contributed by atoms with E-state index in [4.69, 9.17) is 0 Å². The van der Waals surface area contributed by atoms with Gasteiger partial charge in [0.2, 0.25) is 0 Å². The lowest BCUT2D eigenvalue weighted by Gasteiger charge is -2.14. The van der Waals surface area contributed by atoms with Crippen molar-refractivity contribution in [1.82, 2.24) is 0 Å². The summed E-state index contributed by atoms with van der Waals surface area (Å²) in [5, 5.41) is 0. The second-order valence-corrected chi connectivity index (χ2v) is 9.64. The third kappa shape index (κ3) is 20.8. The van der Waals surface area contributed by atoms with Crippen LogP contribution in [0.2, 0.25) is 0 Å². The molecule has 0 N–H and O–H groups in total. The van der Waals surface area contributed by atoms with Gasteiger partial charge in [-0.2, -0.15) is 0 Å². The standard InChI is InChI=1S/C29H58/c1-5-9-11-16-20-24-28(7-3)26-22-18-14-13-15-19-23-27-29(8-4)25-21-17-12-10-6-2/h13-14,28-29H,5-12,15-27H2,1-4H3. The highest BCUT2D eigenvalue weighted by Crippen LogP contribution is 2.22. The minimum atomic E-state index is 0.984. The van der Waals surface area contributed by atoms with Crippen LogP contribution in [0.3, 0.4) is 0 Å². The summed E-state index contributed by atoms with van der Waals surface area (Å²) in [5.41, 5.74) is 0. The van der Waals surface area contributed by atoms with Crippen molar-refractivity contribution < 1.29 is 0 Å². The average molecular weight is 407 g/mol. The Morgan fingerprint density at radius 2 is 0.793 bits per heavy atom. The zero-order valence-corrected chi connectivity index (χ0v) is 21.2. The molecule has 2 atom stereocenters. The Bertz CT molecular complexity index is 316. The third-order valence-electron chi connectivity index (χ3n) is 6.97. The van der Waals surface area contributed by atoms with Gasteiger partial charge < -0.3 is 0 Å². The van der Waals surface area contributed by atoms with Crippen LogP contribution >= 0.6 is 0 Å². The summed E-state index contributed by atoms with van der Waals surface area (Å²) in [7, 11) is 0. The quantitative estimate of drug-likeness (QED) is 0.117. The van der Waals surface area contributed by atoms with Crippen LogP contribution < -0.4 is 0 Å². The highest BCUT2D eigenvalue weighted by atomic mass is 14.1. The summed E-state index contributed by atoms with van der Waals surface area (Å²) in [6.45, 7) is 9.40. The molecule has 0 aliphatic rings. The fourth-order valence-corrected chi connectivity index (χ4v) is 4.63. The molecule has 0 aliphatic heterocycles. The van der Waals surface area contributed by atoms with Crippen molar-refractivity contribution in [3.63, 3.8) is 0 Å². The van der Waals surface area contributed by atoms with Gasteiger partial charge in [0.1, 0.15) is 0 Å². The Morgan fingerprint density at radius 1 is 0.414 bits per heavy atom. The van der Waals surface area contributed by atoms with E-state index in [9.17, 15) is 0 Å². The zero-order chi connectivity index (χ0) is 21.4. The summed E-state index contributed by atoms with van der Waals surface area (Å²) >= 11 is 0. The second kappa shape index (κ2) is 24.0. The van der Waals surface area contributed by atoms with Crippen molar-refractivity contribution in [3.05, 3.63) is 12.2 Å². The Kier molecular flexibility index (Phi) is 23.8. The topological polar surface area (TPSA) is 0 Å². The predicted octanol–water partition coefficient (Wildman–Crippen LogP) is 11.0. The number of allylic oxidation sites excluding steroid dienone is 2. The van der Waals surface area contributed by atoms with Crippen molar-refractivity contribution in [2.45, 2.75) is 163 Å². The molecule has 29 heavy (non-hydrogen) atoms. The largest absolute Gasteiger partial charge is 0.0885 e. The molecule has 0 amide bonds. The normalized spacial score (nSPS) is 13.9. The summed E-state index contributed by atoms with van der Waals surface area (Å²) in [5.74, 6) is 1.98. The van der Waals surface area contributed by atoms with Gasteiger partial charge in [0.15, 0.2) is 0 Å². The van der Waals surface area contributed by atoms with Crippen molar-refractivity contribution in [2.24, 2.45) is 11.8 Å². The van der Waals surface area contributed by atoms with Crippen LogP contribution in [-0.2, 0) is 0 Å². The van der Waals surface area contributed by atoms with Crippen LogP contribution in [0.15, 0.2) is 12.2 Å². The number of hydrogen-bond donors (Lipinski definition) is 0. The first kappa shape index (κ1) is 28.7. The van der Waals surface area contributed by atoms with Gasteiger partial charge in [-0.1, -0.05) is 149 Å². The Balaban J connectivity index is 3.55. The average Bonchev–Trinajstić information content (AvgIpc) is 2.74. The van der Waals surface area contributed by atoms with Crippen LogP contribution in [0.4, 0.5) is 0 Å². The molecule has 0 heteroatoms. The Labute approximate surface area is 186 Å². The van der Waals surface area contributed by atoms with Gasteiger partial charge in [0.25, 0.3) is 0 Å². The molecule has 0 aromatic rings. The molecule has 0 rings (SSSR count). The van der Waals surface area contributed by atoms with Crippen LogP contribution in [0, 0.1) is 11.8 Å². The first-order chi connectivity index (χ1) is 14.3. The van der Waals surface area contributed by atoms with Gasteiger partial charge in [-0.15, -0.1) is 0 Å². The summed E-state index contributed by atoms with van der Waals surface area (Å²) < 4.78 is 0. The maximum atomic E-state index is 2.47. The summed E-state index contributed by atoms with van der Waals surface area (Å²) in [6.07, 6.45) is 34.8. The maximum absolute atomic E-state index is 2.47. The first-order valence-electron chi connectivity index (χ1n) is 13.9. The van der Waals surface area contributed by atoms with Crippen molar-refractivity contribution >= 4 is 0 Å². The fraction of sp³-hybridized carbons (Fsp3) is 0.931.